The largest absolute Gasteiger partial charge is 0.448 e. The van der Waals surface area contributed by atoms with Crippen molar-refractivity contribution in [2.45, 2.75) is 0 Å². The number of rotatable bonds is 6. The SMILES string of the molecule is O=C1NC(=O)N(c2ccc(F)cc2)C(=O)/C1=C/c1cc(Br)c(Oc2ccc([N+](=O)[O-])cc2[N+](=O)[O-])c(Br)c1. The number of nitrogens with zero attached hydrogens (tertiary/aromatic N) is 3. The molecule has 38 heavy (non-hydrogen) atoms. The number of non-ortho nitro benzene ring substituents is 1. The molecule has 0 saturated carbocycles. The maximum Gasteiger partial charge on any atom is 0.335 e. The van der Waals surface area contributed by atoms with E-state index in [2.05, 4.69) is 37.2 Å². The molecular weight excluding hydrogens is 639 g/mol. The number of urea groups is 1. The van der Waals surface area contributed by atoms with E-state index >= 15 is 0 Å². The van der Waals surface area contributed by atoms with Crippen LogP contribution in [0.15, 0.2) is 69.1 Å². The molecule has 1 N–H and O–H groups in total. The lowest BCUT2D eigenvalue weighted by Crippen LogP contribution is -2.54. The van der Waals surface area contributed by atoms with Crippen molar-refractivity contribution in [2.24, 2.45) is 0 Å². The smallest absolute Gasteiger partial charge is 0.335 e. The van der Waals surface area contributed by atoms with Gasteiger partial charge in [0, 0.05) is 6.07 Å². The minimum Gasteiger partial charge on any atom is -0.448 e. The standard InChI is InChI=1S/C23H11Br2FN4O8/c24-16-8-11(7-15-21(31)27-23(33)28(22(15)32)13-3-1-12(26)2-4-13)9-17(25)20(16)38-19-6-5-14(29(34)35)10-18(19)30(36)37/h1-10H,(H,27,31,33)/b15-7+. The van der Waals surface area contributed by atoms with Crippen molar-refractivity contribution in [3.63, 3.8) is 0 Å². The Labute approximate surface area is 228 Å². The van der Waals surface area contributed by atoms with Gasteiger partial charge in [-0.3, -0.25) is 35.1 Å². The molecular formula is C23H11Br2FN4O8. The summed E-state index contributed by atoms with van der Waals surface area (Å²) in [7, 11) is 0. The molecule has 0 spiro atoms. The second-order valence-corrected chi connectivity index (χ2v) is 9.22. The molecule has 3 aromatic rings. The summed E-state index contributed by atoms with van der Waals surface area (Å²) in [6.45, 7) is 0. The molecule has 0 atom stereocenters. The highest BCUT2D eigenvalue weighted by molar-refractivity contribution is 9.11. The zero-order valence-corrected chi connectivity index (χ0v) is 21.7. The Morgan fingerprint density at radius 2 is 1.55 bits per heavy atom. The summed E-state index contributed by atoms with van der Waals surface area (Å²) >= 11 is 6.53. The quantitative estimate of drug-likeness (QED) is 0.156. The Balaban J connectivity index is 1.68. The fourth-order valence-corrected chi connectivity index (χ4v) is 4.75. The number of hydrogen-bond donors (Lipinski definition) is 1. The highest BCUT2D eigenvalue weighted by atomic mass is 79.9. The molecule has 4 amide bonds. The normalized spacial score (nSPS) is 14.4. The van der Waals surface area contributed by atoms with Crippen LogP contribution in [0.1, 0.15) is 5.56 Å². The van der Waals surface area contributed by atoms with Gasteiger partial charge in [0.15, 0.2) is 5.75 Å². The number of nitro benzene ring substituents is 2. The zero-order chi connectivity index (χ0) is 27.7. The van der Waals surface area contributed by atoms with E-state index in [9.17, 15) is 39.0 Å². The van der Waals surface area contributed by atoms with E-state index in [1.807, 2.05) is 0 Å². The Hall–Kier alpha value is -4.50. The predicted molar refractivity (Wildman–Crippen MR) is 137 cm³/mol. The molecule has 0 aromatic heterocycles. The molecule has 0 unspecified atom stereocenters. The lowest BCUT2D eigenvalue weighted by atomic mass is 10.1. The first-order valence-electron chi connectivity index (χ1n) is 10.2. The topological polar surface area (TPSA) is 162 Å². The van der Waals surface area contributed by atoms with Crippen LogP contribution in [0.5, 0.6) is 11.5 Å². The van der Waals surface area contributed by atoms with Gasteiger partial charge in [-0.1, -0.05) is 0 Å². The zero-order valence-electron chi connectivity index (χ0n) is 18.5. The third-order valence-corrected chi connectivity index (χ3v) is 6.26. The second kappa shape index (κ2) is 10.5. The monoisotopic (exact) mass is 648 g/mol. The number of nitrogens with one attached hydrogen (secondary N) is 1. The second-order valence-electron chi connectivity index (χ2n) is 7.52. The summed E-state index contributed by atoms with van der Waals surface area (Å²) in [5.41, 5.74) is -1.19. The number of carbonyl (C=O) groups is 3. The van der Waals surface area contributed by atoms with Gasteiger partial charge in [-0.15, -0.1) is 0 Å². The molecule has 1 fully saturated rings. The molecule has 3 aromatic carbocycles. The highest BCUT2D eigenvalue weighted by Crippen LogP contribution is 2.42. The Morgan fingerprint density at radius 1 is 0.921 bits per heavy atom. The van der Waals surface area contributed by atoms with E-state index in [1.54, 1.807) is 0 Å². The molecule has 15 heteroatoms. The summed E-state index contributed by atoms with van der Waals surface area (Å²) < 4.78 is 19.4. The van der Waals surface area contributed by atoms with Crippen LogP contribution >= 0.6 is 31.9 Å². The fraction of sp³-hybridized carbons (Fsp3) is 0. The minimum atomic E-state index is -1.00. The maximum atomic E-state index is 13.3. The molecule has 0 radical (unpaired) electrons. The van der Waals surface area contributed by atoms with Gasteiger partial charge in [0.25, 0.3) is 17.5 Å². The van der Waals surface area contributed by atoms with Crippen LogP contribution in [0, 0.1) is 26.0 Å². The average Bonchev–Trinajstić information content (AvgIpc) is 2.85. The molecule has 12 nitrogen and oxygen atoms in total. The van der Waals surface area contributed by atoms with E-state index in [0.717, 1.165) is 30.3 Å². The lowest BCUT2D eigenvalue weighted by Gasteiger charge is -2.26. The number of halogens is 3. The third-order valence-electron chi connectivity index (χ3n) is 5.08. The number of ether oxygens (including phenoxy) is 1. The van der Waals surface area contributed by atoms with Crippen LogP contribution in [0.2, 0.25) is 0 Å². The van der Waals surface area contributed by atoms with E-state index < -0.39 is 50.5 Å². The molecule has 1 saturated heterocycles. The predicted octanol–water partition coefficient (Wildman–Crippen LogP) is 5.63. The van der Waals surface area contributed by atoms with Gasteiger partial charge in [0.05, 0.1) is 30.5 Å². The number of barbiturate groups is 1. The van der Waals surface area contributed by atoms with Crippen molar-refractivity contribution < 1.29 is 33.4 Å². The van der Waals surface area contributed by atoms with E-state index in [4.69, 9.17) is 4.74 Å². The van der Waals surface area contributed by atoms with Crippen molar-refractivity contribution in [1.82, 2.24) is 5.32 Å². The van der Waals surface area contributed by atoms with Gasteiger partial charge in [-0.25, -0.2) is 14.1 Å². The third kappa shape index (κ3) is 5.28. The molecule has 1 heterocycles. The molecule has 0 aliphatic carbocycles. The molecule has 0 bridgehead atoms. The first-order valence-corrected chi connectivity index (χ1v) is 11.8. The average molecular weight is 650 g/mol. The number of benzene rings is 3. The van der Waals surface area contributed by atoms with Crippen LogP contribution in [-0.4, -0.2) is 27.7 Å². The van der Waals surface area contributed by atoms with Gasteiger partial charge < -0.3 is 4.74 Å². The van der Waals surface area contributed by atoms with Gasteiger partial charge in [0.1, 0.15) is 11.4 Å². The molecule has 1 aliphatic rings. The van der Waals surface area contributed by atoms with Gasteiger partial charge in [-0.2, -0.15) is 0 Å². The molecule has 192 valence electrons. The van der Waals surface area contributed by atoms with Crippen LogP contribution in [-0.2, 0) is 9.59 Å². The Kier molecular flexibility index (Phi) is 7.32. The van der Waals surface area contributed by atoms with Crippen LogP contribution in [0.3, 0.4) is 0 Å². The number of hydrogen-bond acceptors (Lipinski definition) is 8. The lowest BCUT2D eigenvalue weighted by molar-refractivity contribution is -0.394. The van der Waals surface area contributed by atoms with E-state index in [0.29, 0.717) is 10.5 Å². The van der Waals surface area contributed by atoms with Crippen LogP contribution in [0.25, 0.3) is 6.08 Å². The summed E-state index contributed by atoms with van der Waals surface area (Å²) in [6.07, 6.45) is 1.20. The van der Waals surface area contributed by atoms with Crippen LogP contribution < -0.4 is 15.0 Å². The molecule has 4 rings (SSSR count). The van der Waals surface area contributed by atoms with Crippen molar-refractivity contribution in [2.75, 3.05) is 4.90 Å². The Morgan fingerprint density at radius 3 is 2.13 bits per heavy atom. The number of amides is 4. The number of nitro groups is 2. The van der Waals surface area contributed by atoms with E-state index in [1.165, 1.54) is 30.3 Å². The number of carbonyl (C=O) groups excluding carboxylic acids is 3. The van der Waals surface area contributed by atoms with Gasteiger partial charge in [-0.05, 0) is 86.0 Å². The van der Waals surface area contributed by atoms with Crippen molar-refractivity contribution in [1.29, 1.82) is 0 Å². The summed E-state index contributed by atoms with van der Waals surface area (Å²) in [4.78, 5) is 59.2. The minimum absolute atomic E-state index is 0.0445. The van der Waals surface area contributed by atoms with Crippen molar-refractivity contribution in [3.8, 4) is 11.5 Å². The van der Waals surface area contributed by atoms with Crippen molar-refractivity contribution in [3.05, 3.63) is 101 Å². The summed E-state index contributed by atoms with van der Waals surface area (Å²) in [5.74, 6) is -2.69. The Bertz CT molecular complexity index is 1550. The van der Waals surface area contributed by atoms with Gasteiger partial charge in [0.2, 0.25) is 5.75 Å². The summed E-state index contributed by atoms with van der Waals surface area (Å²) in [6, 6.07) is 9.27. The molecule has 1 aliphatic heterocycles. The van der Waals surface area contributed by atoms with E-state index in [-0.39, 0.29) is 26.1 Å². The number of imide groups is 2. The first-order chi connectivity index (χ1) is 18.0. The first kappa shape index (κ1) is 26.6. The van der Waals surface area contributed by atoms with Crippen LogP contribution in [0.4, 0.5) is 26.2 Å². The van der Waals surface area contributed by atoms with Crippen molar-refractivity contribution >= 4 is 72.8 Å². The maximum absolute atomic E-state index is 13.3. The fourth-order valence-electron chi connectivity index (χ4n) is 3.37. The highest BCUT2D eigenvalue weighted by Gasteiger charge is 2.37. The summed E-state index contributed by atoms with van der Waals surface area (Å²) in [5, 5.41) is 24.4. The van der Waals surface area contributed by atoms with Gasteiger partial charge >= 0.3 is 11.7 Å². The number of anilines is 1.